The molecule has 0 fully saturated rings. The zero-order valence-electron chi connectivity index (χ0n) is 10.8. The Morgan fingerprint density at radius 1 is 1.06 bits per heavy atom. The van der Waals surface area contributed by atoms with Gasteiger partial charge in [0.1, 0.15) is 11.4 Å². The second-order valence-electron chi connectivity index (χ2n) is 5.04. The van der Waals surface area contributed by atoms with E-state index >= 15 is 0 Å². The van der Waals surface area contributed by atoms with Gasteiger partial charge in [0.15, 0.2) is 5.82 Å². The molecular formula is C14H17N3O. The summed E-state index contributed by atoms with van der Waals surface area (Å²) in [6, 6.07) is 11.3. The average Bonchev–Trinajstić information content (AvgIpc) is 2.27. The summed E-state index contributed by atoms with van der Waals surface area (Å²) in [4.78, 5) is 8.60. The minimum atomic E-state index is -0.311. The molecule has 18 heavy (non-hydrogen) atoms. The van der Waals surface area contributed by atoms with Crippen molar-refractivity contribution in [3.05, 3.63) is 36.4 Å². The van der Waals surface area contributed by atoms with Crippen LogP contribution in [0.4, 0.5) is 5.82 Å². The Hall–Kier alpha value is -2.10. The quantitative estimate of drug-likeness (QED) is 0.881. The molecule has 4 nitrogen and oxygen atoms in total. The Bertz CT molecular complexity index is 532. The number of nitrogens with zero attached hydrogens (tertiary/aromatic N) is 2. The summed E-state index contributed by atoms with van der Waals surface area (Å²) in [7, 11) is 0. The van der Waals surface area contributed by atoms with E-state index in [1.54, 1.807) is 6.07 Å². The third-order valence-electron chi connectivity index (χ3n) is 2.17. The first-order valence-electron chi connectivity index (χ1n) is 5.83. The average molecular weight is 243 g/mol. The highest BCUT2D eigenvalue weighted by molar-refractivity contribution is 5.57. The van der Waals surface area contributed by atoms with Gasteiger partial charge in [-0.2, -0.15) is 4.98 Å². The number of nitrogens with two attached hydrogens (primary N) is 1. The molecule has 0 bridgehead atoms. The summed E-state index contributed by atoms with van der Waals surface area (Å²) >= 11 is 0. The first-order chi connectivity index (χ1) is 8.44. The minimum absolute atomic E-state index is 0.311. The maximum absolute atomic E-state index is 5.78. The van der Waals surface area contributed by atoms with Gasteiger partial charge in [0.05, 0.1) is 0 Å². The van der Waals surface area contributed by atoms with E-state index in [0.717, 1.165) is 5.56 Å². The Kier molecular flexibility index (Phi) is 3.19. The number of hydrogen-bond acceptors (Lipinski definition) is 4. The number of anilines is 1. The summed E-state index contributed by atoms with van der Waals surface area (Å²) < 4.78 is 5.71. The lowest BCUT2D eigenvalue weighted by Crippen LogP contribution is -2.23. The van der Waals surface area contributed by atoms with E-state index in [4.69, 9.17) is 10.5 Å². The summed E-state index contributed by atoms with van der Waals surface area (Å²) in [6.45, 7) is 5.90. The van der Waals surface area contributed by atoms with Crippen molar-refractivity contribution in [1.29, 1.82) is 0 Å². The summed E-state index contributed by atoms with van der Waals surface area (Å²) in [5.41, 5.74) is 6.39. The van der Waals surface area contributed by atoms with Crippen LogP contribution in [-0.2, 0) is 0 Å². The van der Waals surface area contributed by atoms with Crippen molar-refractivity contribution in [2.75, 3.05) is 5.73 Å². The topological polar surface area (TPSA) is 61.0 Å². The number of rotatable bonds is 2. The molecular weight excluding hydrogens is 226 g/mol. The van der Waals surface area contributed by atoms with Crippen LogP contribution in [-0.4, -0.2) is 15.6 Å². The molecule has 2 N–H and O–H groups in total. The van der Waals surface area contributed by atoms with Gasteiger partial charge in [0.2, 0.25) is 5.88 Å². The second kappa shape index (κ2) is 4.64. The molecule has 0 aliphatic rings. The number of benzene rings is 1. The number of ether oxygens (including phenoxy) is 1. The van der Waals surface area contributed by atoms with E-state index < -0.39 is 0 Å². The maximum Gasteiger partial charge on any atom is 0.219 e. The van der Waals surface area contributed by atoms with E-state index in [2.05, 4.69) is 9.97 Å². The summed E-state index contributed by atoms with van der Waals surface area (Å²) in [6.07, 6.45) is 0. The van der Waals surface area contributed by atoms with Gasteiger partial charge >= 0.3 is 0 Å². The molecule has 0 saturated carbocycles. The van der Waals surface area contributed by atoms with Crippen LogP contribution in [0.5, 0.6) is 5.88 Å². The molecule has 0 saturated heterocycles. The molecule has 0 aliphatic heterocycles. The highest BCUT2D eigenvalue weighted by atomic mass is 16.5. The molecule has 2 aromatic rings. The molecule has 0 unspecified atom stereocenters. The first kappa shape index (κ1) is 12.4. The molecule has 1 aromatic heterocycles. The highest BCUT2D eigenvalue weighted by Gasteiger charge is 2.14. The fourth-order valence-corrected chi connectivity index (χ4v) is 1.53. The fraction of sp³-hybridized carbons (Fsp3) is 0.286. The maximum atomic E-state index is 5.78. The Morgan fingerprint density at radius 3 is 2.33 bits per heavy atom. The van der Waals surface area contributed by atoms with Crippen molar-refractivity contribution in [2.24, 2.45) is 0 Å². The molecule has 0 radical (unpaired) electrons. The van der Waals surface area contributed by atoms with E-state index in [0.29, 0.717) is 17.5 Å². The van der Waals surface area contributed by atoms with Crippen LogP contribution in [0.15, 0.2) is 36.4 Å². The number of nitrogen functional groups attached to an aromatic ring is 1. The lowest BCUT2D eigenvalue weighted by Gasteiger charge is -2.20. The molecule has 4 heteroatoms. The predicted molar refractivity (Wildman–Crippen MR) is 72.3 cm³/mol. The van der Waals surface area contributed by atoms with Crippen LogP contribution in [0, 0.1) is 0 Å². The van der Waals surface area contributed by atoms with Gasteiger partial charge in [0, 0.05) is 11.6 Å². The Labute approximate surface area is 107 Å². The third kappa shape index (κ3) is 3.20. The van der Waals surface area contributed by atoms with E-state index in [9.17, 15) is 0 Å². The summed E-state index contributed by atoms with van der Waals surface area (Å²) in [5.74, 6) is 1.48. The predicted octanol–water partition coefficient (Wildman–Crippen LogP) is 2.90. The second-order valence-corrected chi connectivity index (χ2v) is 5.04. The van der Waals surface area contributed by atoms with Crippen LogP contribution in [0.25, 0.3) is 11.4 Å². The first-order valence-corrected chi connectivity index (χ1v) is 5.83. The summed E-state index contributed by atoms with van der Waals surface area (Å²) in [5, 5.41) is 0. The molecule has 94 valence electrons. The molecule has 0 atom stereocenters. The van der Waals surface area contributed by atoms with E-state index in [1.807, 2.05) is 51.1 Å². The molecule has 2 rings (SSSR count). The van der Waals surface area contributed by atoms with Crippen molar-refractivity contribution in [3.63, 3.8) is 0 Å². The van der Waals surface area contributed by atoms with E-state index in [-0.39, 0.29) is 5.60 Å². The van der Waals surface area contributed by atoms with Crippen LogP contribution in [0.2, 0.25) is 0 Å². The van der Waals surface area contributed by atoms with Gasteiger partial charge in [-0.15, -0.1) is 0 Å². The van der Waals surface area contributed by atoms with Gasteiger partial charge in [0.25, 0.3) is 0 Å². The van der Waals surface area contributed by atoms with Crippen molar-refractivity contribution in [1.82, 2.24) is 9.97 Å². The standard InChI is InChI=1S/C14H17N3O/c1-14(2,3)18-12-9-11(15)16-13(17-12)10-7-5-4-6-8-10/h4-9H,1-3H3,(H2,15,16,17). The van der Waals surface area contributed by atoms with Crippen LogP contribution in [0.1, 0.15) is 20.8 Å². The van der Waals surface area contributed by atoms with Crippen molar-refractivity contribution in [2.45, 2.75) is 26.4 Å². The highest BCUT2D eigenvalue weighted by Crippen LogP contribution is 2.22. The van der Waals surface area contributed by atoms with Crippen LogP contribution >= 0.6 is 0 Å². The van der Waals surface area contributed by atoms with Crippen molar-refractivity contribution >= 4 is 5.82 Å². The van der Waals surface area contributed by atoms with Crippen molar-refractivity contribution in [3.8, 4) is 17.3 Å². The number of aromatic nitrogens is 2. The normalized spacial score (nSPS) is 11.3. The molecule has 1 aromatic carbocycles. The zero-order valence-corrected chi connectivity index (χ0v) is 10.8. The van der Waals surface area contributed by atoms with Gasteiger partial charge < -0.3 is 10.5 Å². The Balaban J connectivity index is 2.39. The SMILES string of the molecule is CC(C)(C)Oc1cc(N)nc(-c2ccccc2)n1. The van der Waals surface area contributed by atoms with Crippen LogP contribution in [0.3, 0.4) is 0 Å². The van der Waals surface area contributed by atoms with Crippen LogP contribution < -0.4 is 10.5 Å². The minimum Gasteiger partial charge on any atom is -0.472 e. The molecule has 1 heterocycles. The number of hydrogen-bond donors (Lipinski definition) is 1. The van der Waals surface area contributed by atoms with Gasteiger partial charge in [-0.1, -0.05) is 30.3 Å². The zero-order chi connectivity index (χ0) is 13.2. The smallest absolute Gasteiger partial charge is 0.219 e. The monoisotopic (exact) mass is 243 g/mol. The van der Waals surface area contributed by atoms with E-state index in [1.165, 1.54) is 0 Å². The largest absolute Gasteiger partial charge is 0.472 e. The molecule has 0 aliphatic carbocycles. The van der Waals surface area contributed by atoms with Crippen molar-refractivity contribution < 1.29 is 4.74 Å². The fourth-order valence-electron chi connectivity index (χ4n) is 1.53. The molecule has 0 amide bonds. The van der Waals surface area contributed by atoms with Gasteiger partial charge in [-0.05, 0) is 20.8 Å². The third-order valence-corrected chi connectivity index (χ3v) is 2.17. The van der Waals surface area contributed by atoms with Gasteiger partial charge in [-0.3, -0.25) is 0 Å². The lowest BCUT2D eigenvalue weighted by atomic mass is 10.2. The molecule has 0 spiro atoms. The Morgan fingerprint density at radius 2 is 1.72 bits per heavy atom. The lowest BCUT2D eigenvalue weighted by molar-refractivity contribution is 0.124. The van der Waals surface area contributed by atoms with Gasteiger partial charge in [-0.25, -0.2) is 4.98 Å².